The molecule has 0 aromatic heterocycles. The van der Waals surface area contributed by atoms with Gasteiger partial charge in [-0.25, -0.2) is 0 Å². The Morgan fingerprint density at radius 1 is 1.25 bits per heavy atom. The molecule has 0 amide bonds. The third-order valence-electron chi connectivity index (χ3n) is 0. The van der Waals surface area contributed by atoms with E-state index in [-0.39, 0.29) is 34.1 Å². The van der Waals surface area contributed by atoms with E-state index in [0.717, 1.165) is 0 Å². The average Bonchev–Trinajstić information content (AvgIpc) is 1.00. The Morgan fingerprint density at radius 3 is 1.25 bits per heavy atom. The third kappa shape index (κ3) is 8.82. The van der Waals surface area contributed by atoms with Crippen LogP contribution in [0.3, 0.4) is 0 Å². The molecule has 0 aliphatic heterocycles. The van der Waals surface area contributed by atoms with Crippen molar-refractivity contribution in [2.75, 3.05) is 0 Å². The van der Waals surface area contributed by atoms with Crippen LogP contribution in [-0.4, -0.2) is 3.18 Å². The molecule has 0 aliphatic rings. The van der Waals surface area contributed by atoms with E-state index in [4.69, 9.17) is 0 Å². The van der Waals surface area contributed by atoms with Gasteiger partial charge in [0.05, 0.1) is 0 Å². The molecular formula is H2BCuFeNd. The van der Waals surface area contributed by atoms with Gasteiger partial charge in [-0.3, -0.25) is 0 Å². The SMILES string of the molecule is [BH2][Nd].[Cu].[Fe]. The minimum Gasteiger partial charge on any atom is 0 e. The maximum absolute atomic E-state index is 2.14. The van der Waals surface area contributed by atoms with Crippen molar-refractivity contribution in [3.8, 4) is 0 Å². The van der Waals surface area contributed by atoms with Crippen LogP contribution in [0.5, 0.6) is 0 Å². The van der Waals surface area contributed by atoms with E-state index in [9.17, 15) is 0 Å². The van der Waals surface area contributed by atoms with Crippen LogP contribution in [0.4, 0.5) is 0 Å². The Balaban J connectivity index is -0.00000000500. The van der Waals surface area contributed by atoms with Gasteiger partial charge >= 0.3 is 41.7 Å². The van der Waals surface area contributed by atoms with Gasteiger partial charge in [-0.05, 0) is 0 Å². The molecule has 4 heteroatoms. The zero-order valence-electron chi connectivity index (χ0n) is 2.16. The van der Waals surface area contributed by atoms with E-state index in [2.05, 4.69) is 3.18 Å². The molecule has 0 spiro atoms. The first-order valence-corrected chi connectivity index (χ1v) is 3.71. The van der Waals surface area contributed by atoms with E-state index >= 15 is 0 Å². The van der Waals surface area contributed by atoms with Crippen LogP contribution in [-0.2, 0) is 34.1 Å². The van der Waals surface area contributed by atoms with E-state index in [1.165, 1.54) is 38.5 Å². The summed E-state index contributed by atoms with van der Waals surface area (Å²) in [5.74, 6) is 0. The fourth-order valence-electron chi connectivity index (χ4n) is 0. The van der Waals surface area contributed by atoms with Crippen LogP contribution in [0.15, 0.2) is 0 Å². The summed E-state index contributed by atoms with van der Waals surface area (Å²) in [6.07, 6.45) is 0. The summed E-state index contributed by atoms with van der Waals surface area (Å²) in [4.78, 5) is 0. The van der Waals surface area contributed by atoms with Crippen molar-refractivity contribution in [1.82, 2.24) is 0 Å². The molecule has 0 aliphatic carbocycles. The first kappa shape index (κ1) is 16.1. The fourth-order valence-corrected chi connectivity index (χ4v) is 0. The molecule has 0 nitrogen and oxygen atoms in total. The van der Waals surface area contributed by atoms with Crippen molar-refractivity contribution >= 4 is 3.18 Å². The molecule has 4 heavy (non-hydrogen) atoms. The Morgan fingerprint density at radius 2 is 1.25 bits per heavy atom. The van der Waals surface area contributed by atoms with Crippen LogP contribution in [0.25, 0.3) is 0 Å². The summed E-state index contributed by atoms with van der Waals surface area (Å²) in [6.45, 7) is 0. The van der Waals surface area contributed by atoms with Crippen LogP contribution in [0, 0.1) is 38.5 Å². The van der Waals surface area contributed by atoms with Crippen molar-refractivity contribution in [3.05, 3.63) is 0 Å². The van der Waals surface area contributed by atoms with Gasteiger partial charge in [-0.2, -0.15) is 0 Å². The summed E-state index contributed by atoms with van der Waals surface area (Å²) >= 11 is 1.31. The molecule has 28 valence electrons. The molecule has 0 fully saturated rings. The molecule has 1 radical (unpaired) electrons. The van der Waals surface area contributed by atoms with Crippen molar-refractivity contribution in [2.24, 2.45) is 0 Å². The van der Waals surface area contributed by atoms with E-state index in [1.807, 2.05) is 0 Å². The summed E-state index contributed by atoms with van der Waals surface area (Å²) < 4.78 is 2.14. The Kier molecular flexibility index (Phi) is 72.3. The Labute approximate surface area is 74.3 Å². The molecule has 0 rings (SSSR count). The number of rotatable bonds is 0. The largest absolute Gasteiger partial charge is 0 e. The first-order chi connectivity index (χ1) is 1.00. The second-order valence-corrected chi connectivity index (χ2v) is 0. The molecule has 0 aromatic rings. The van der Waals surface area contributed by atoms with Crippen LogP contribution in [0.1, 0.15) is 0 Å². The van der Waals surface area contributed by atoms with Crippen molar-refractivity contribution < 1.29 is 72.6 Å². The zero-order chi connectivity index (χ0) is 2.00. The summed E-state index contributed by atoms with van der Waals surface area (Å²) in [6, 6.07) is 0. The van der Waals surface area contributed by atoms with Gasteiger partial charge in [0.25, 0.3) is 0 Å². The second-order valence-electron chi connectivity index (χ2n) is 0. The van der Waals surface area contributed by atoms with Crippen molar-refractivity contribution in [3.63, 3.8) is 0 Å². The molecule has 0 atom stereocenters. The van der Waals surface area contributed by atoms with Crippen molar-refractivity contribution in [2.45, 2.75) is 0 Å². The Bertz CT molecular complexity index is 8.00. The minimum atomic E-state index is 0. The van der Waals surface area contributed by atoms with Gasteiger partial charge in [0.1, 0.15) is 0 Å². The standard InChI is InChI=1S/BH2.Cu.Fe.Nd/h1H2;;;/q+1;;;-1. The van der Waals surface area contributed by atoms with E-state index in [1.54, 1.807) is 0 Å². The first-order valence-electron chi connectivity index (χ1n) is 0.500. The summed E-state index contributed by atoms with van der Waals surface area (Å²) in [5, 5.41) is 0. The van der Waals surface area contributed by atoms with Gasteiger partial charge in [0.15, 0.2) is 0 Å². The van der Waals surface area contributed by atoms with Crippen LogP contribution >= 0.6 is 0 Å². The van der Waals surface area contributed by atoms with Gasteiger partial charge in [-0.1, -0.05) is 0 Å². The fraction of sp³-hybridized carbons (Fsp3) is 0. The normalized spacial score (nSPS) is 0.750. The smallest absolute Gasteiger partial charge is 0 e. The predicted molar refractivity (Wildman–Crippen MR) is 8.54 cm³/mol. The number of hydrogen-bond acceptors (Lipinski definition) is 0. The summed E-state index contributed by atoms with van der Waals surface area (Å²) in [5.41, 5.74) is 0. The quantitative estimate of drug-likeness (QED) is 0.502. The molecule has 0 aromatic carbocycles. The molecule has 0 N–H and O–H groups in total. The van der Waals surface area contributed by atoms with Gasteiger partial charge in [0, 0.05) is 34.1 Å². The second kappa shape index (κ2) is 18.0. The predicted octanol–water partition coefficient (Wildman–Crippen LogP) is -0.921. The molecular weight excluding hydrogens is 274 g/mol. The topological polar surface area (TPSA) is 0 Å². The minimum absolute atomic E-state index is 0. The van der Waals surface area contributed by atoms with Crippen LogP contribution in [0.2, 0.25) is 0 Å². The molecule has 0 saturated carbocycles. The maximum Gasteiger partial charge on any atom is 0 e. The van der Waals surface area contributed by atoms with Gasteiger partial charge < -0.3 is 0 Å². The number of hydrogen-bond donors (Lipinski definition) is 0. The summed E-state index contributed by atoms with van der Waals surface area (Å²) in [7, 11) is 0. The van der Waals surface area contributed by atoms with Gasteiger partial charge in [0.2, 0.25) is 0 Å². The molecule has 0 saturated heterocycles. The van der Waals surface area contributed by atoms with E-state index in [0.29, 0.717) is 0 Å². The molecule has 0 bridgehead atoms. The van der Waals surface area contributed by atoms with Crippen LogP contribution < -0.4 is 0 Å². The molecule has 0 heterocycles. The molecule has 0 unspecified atom stereocenters. The monoisotopic (exact) mass is 274 g/mol. The van der Waals surface area contributed by atoms with Gasteiger partial charge in [-0.15, -0.1) is 0 Å². The maximum atomic E-state index is 2.14. The van der Waals surface area contributed by atoms with Crippen molar-refractivity contribution in [1.29, 1.82) is 0 Å². The van der Waals surface area contributed by atoms with E-state index < -0.39 is 0 Å². The third-order valence-corrected chi connectivity index (χ3v) is 0. The average molecular weight is 276 g/mol. The zero-order valence-corrected chi connectivity index (χ0v) is 7.41. The Hall–Kier alpha value is 2.45.